The zero-order valence-corrected chi connectivity index (χ0v) is 12.4. The summed E-state index contributed by atoms with van der Waals surface area (Å²) in [6.07, 6.45) is 3.18. The largest absolute Gasteiger partial charge is 0.398 e. The molecule has 1 fully saturated rings. The average molecular weight is 322 g/mol. The molecule has 3 rings (SSSR count). The van der Waals surface area contributed by atoms with Crippen molar-refractivity contribution < 1.29 is 4.74 Å². The number of benzene rings is 1. The van der Waals surface area contributed by atoms with Crippen molar-refractivity contribution in [3.8, 4) is 0 Å². The third kappa shape index (κ3) is 2.28. The molecule has 19 heavy (non-hydrogen) atoms. The number of nitrogens with zero attached hydrogens (tertiary/aromatic N) is 2. The molecule has 100 valence electrons. The molecule has 0 aliphatic carbocycles. The lowest BCUT2D eigenvalue weighted by molar-refractivity contribution is 0.121. The van der Waals surface area contributed by atoms with Gasteiger partial charge in [-0.05, 0) is 40.5 Å². The van der Waals surface area contributed by atoms with Crippen LogP contribution in [-0.2, 0) is 4.74 Å². The predicted molar refractivity (Wildman–Crippen MR) is 81.5 cm³/mol. The molecule has 2 aromatic rings. The number of aromatic nitrogens is 1. The Morgan fingerprint density at radius 3 is 3.05 bits per heavy atom. The fraction of sp³-hybridized carbons (Fsp3) is 0.357. The second-order valence-corrected chi connectivity index (χ2v) is 5.73. The lowest BCUT2D eigenvalue weighted by atomic mass is 10.1. The molecule has 0 radical (unpaired) electrons. The molecule has 0 bridgehead atoms. The van der Waals surface area contributed by atoms with Gasteiger partial charge in [0.1, 0.15) is 0 Å². The van der Waals surface area contributed by atoms with Crippen LogP contribution in [0.15, 0.2) is 28.9 Å². The lowest BCUT2D eigenvalue weighted by Gasteiger charge is -2.20. The molecule has 1 aromatic heterocycles. The molecular formula is C14H16BrN3O. The van der Waals surface area contributed by atoms with E-state index in [2.05, 4.69) is 31.9 Å². The van der Waals surface area contributed by atoms with Gasteiger partial charge in [-0.25, -0.2) is 0 Å². The van der Waals surface area contributed by atoms with Crippen molar-refractivity contribution in [2.24, 2.45) is 0 Å². The van der Waals surface area contributed by atoms with E-state index in [1.165, 1.54) is 0 Å². The zero-order chi connectivity index (χ0) is 13.4. The number of hydrogen-bond donors (Lipinski definition) is 1. The van der Waals surface area contributed by atoms with E-state index in [0.29, 0.717) is 6.10 Å². The number of nitrogens with two attached hydrogens (primary N) is 1. The van der Waals surface area contributed by atoms with E-state index in [0.717, 1.165) is 46.3 Å². The molecule has 1 aliphatic rings. The van der Waals surface area contributed by atoms with Crippen LogP contribution in [0.2, 0.25) is 0 Å². The number of hydrogen-bond acceptors (Lipinski definition) is 4. The quantitative estimate of drug-likeness (QED) is 0.864. The van der Waals surface area contributed by atoms with Crippen molar-refractivity contribution in [1.82, 2.24) is 4.98 Å². The maximum absolute atomic E-state index is 6.04. The molecule has 2 heterocycles. The Balaban J connectivity index is 2.07. The Labute approximate surface area is 120 Å². The van der Waals surface area contributed by atoms with Crippen LogP contribution in [0.1, 0.15) is 6.42 Å². The monoisotopic (exact) mass is 321 g/mol. The molecule has 0 spiro atoms. The molecular weight excluding hydrogens is 306 g/mol. The SMILES string of the molecule is COC1CCN(c2ccc(N)c3cc(Br)cnc23)C1. The first-order valence-electron chi connectivity index (χ1n) is 6.30. The van der Waals surface area contributed by atoms with Crippen LogP contribution in [-0.4, -0.2) is 31.3 Å². The minimum absolute atomic E-state index is 0.308. The number of pyridine rings is 1. The number of halogens is 1. The first-order valence-corrected chi connectivity index (χ1v) is 7.10. The van der Waals surface area contributed by atoms with Gasteiger partial charge in [0, 0.05) is 41.9 Å². The molecule has 1 aliphatic heterocycles. The summed E-state index contributed by atoms with van der Waals surface area (Å²) in [5, 5.41) is 0.993. The Morgan fingerprint density at radius 2 is 2.32 bits per heavy atom. The predicted octanol–water partition coefficient (Wildman–Crippen LogP) is 2.80. The maximum atomic E-state index is 6.04. The summed E-state index contributed by atoms with van der Waals surface area (Å²) in [5.74, 6) is 0. The van der Waals surface area contributed by atoms with Crippen LogP contribution < -0.4 is 10.6 Å². The summed E-state index contributed by atoms with van der Waals surface area (Å²) in [6, 6.07) is 6.02. The van der Waals surface area contributed by atoms with Crippen LogP contribution in [0.4, 0.5) is 11.4 Å². The summed E-state index contributed by atoms with van der Waals surface area (Å²) in [5.41, 5.74) is 8.90. The van der Waals surface area contributed by atoms with Crippen molar-refractivity contribution in [3.05, 3.63) is 28.9 Å². The highest BCUT2D eigenvalue weighted by atomic mass is 79.9. The average Bonchev–Trinajstić information content (AvgIpc) is 2.88. The number of nitrogen functional groups attached to an aromatic ring is 1. The van der Waals surface area contributed by atoms with Gasteiger partial charge >= 0.3 is 0 Å². The zero-order valence-electron chi connectivity index (χ0n) is 10.8. The number of fused-ring (bicyclic) bond motifs is 1. The van der Waals surface area contributed by atoms with Gasteiger partial charge in [0.05, 0.1) is 17.3 Å². The first-order chi connectivity index (χ1) is 9.19. The van der Waals surface area contributed by atoms with Crippen LogP contribution in [0.3, 0.4) is 0 Å². The summed E-state index contributed by atoms with van der Waals surface area (Å²) >= 11 is 3.44. The molecule has 5 heteroatoms. The Morgan fingerprint density at radius 1 is 1.47 bits per heavy atom. The van der Waals surface area contributed by atoms with Gasteiger partial charge < -0.3 is 15.4 Å². The van der Waals surface area contributed by atoms with E-state index < -0.39 is 0 Å². The van der Waals surface area contributed by atoms with Gasteiger partial charge in [-0.1, -0.05) is 0 Å². The summed E-state index contributed by atoms with van der Waals surface area (Å²) < 4.78 is 6.37. The summed E-state index contributed by atoms with van der Waals surface area (Å²) in [6.45, 7) is 1.91. The van der Waals surface area contributed by atoms with Crippen molar-refractivity contribution in [2.75, 3.05) is 30.8 Å². The van der Waals surface area contributed by atoms with Gasteiger partial charge in [-0.3, -0.25) is 4.98 Å². The van der Waals surface area contributed by atoms with Crippen LogP contribution in [0.25, 0.3) is 10.9 Å². The summed E-state index contributed by atoms with van der Waals surface area (Å²) in [4.78, 5) is 6.84. The van der Waals surface area contributed by atoms with E-state index in [1.54, 1.807) is 7.11 Å². The second-order valence-electron chi connectivity index (χ2n) is 4.82. The van der Waals surface area contributed by atoms with Crippen molar-refractivity contribution in [2.45, 2.75) is 12.5 Å². The molecule has 1 saturated heterocycles. The molecule has 2 N–H and O–H groups in total. The Bertz CT molecular complexity index is 617. The Kier molecular flexibility index (Phi) is 3.33. The highest BCUT2D eigenvalue weighted by molar-refractivity contribution is 9.10. The molecule has 0 saturated carbocycles. The minimum Gasteiger partial charge on any atom is -0.398 e. The van der Waals surface area contributed by atoms with Crippen LogP contribution >= 0.6 is 15.9 Å². The van der Waals surface area contributed by atoms with Gasteiger partial charge in [-0.2, -0.15) is 0 Å². The molecule has 1 atom stereocenters. The third-order valence-electron chi connectivity index (χ3n) is 3.65. The smallest absolute Gasteiger partial charge is 0.0956 e. The van der Waals surface area contributed by atoms with E-state index in [9.17, 15) is 0 Å². The molecule has 1 unspecified atom stereocenters. The fourth-order valence-electron chi connectivity index (χ4n) is 2.60. The minimum atomic E-state index is 0.308. The van der Waals surface area contributed by atoms with Gasteiger partial charge in [-0.15, -0.1) is 0 Å². The van der Waals surface area contributed by atoms with Crippen LogP contribution in [0, 0.1) is 0 Å². The van der Waals surface area contributed by atoms with E-state index >= 15 is 0 Å². The number of anilines is 2. The highest BCUT2D eigenvalue weighted by Crippen LogP contribution is 2.33. The standard InChI is InChI=1S/C14H16BrN3O/c1-19-10-4-5-18(8-10)13-3-2-12(16)11-6-9(15)7-17-14(11)13/h2-3,6-7,10H,4-5,8,16H2,1H3. The Hall–Kier alpha value is -1.33. The van der Waals surface area contributed by atoms with Gasteiger partial charge in [0.2, 0.25) is 0 Å². The van der Waals surface area contributed by atoms with Crippen molar-refractivity contribution >= 4 is 38.2 Å². The van der Waals surface area contributed by atoms with E-state index in [-0.39, 0.29) is 0 Å². The number of ether oxygens (including phenoxy) is 1. The topological polar surface area (TPSA) is 51.4 Å². The van der Waals surface area contributed by atoms with Crippen molar-refractivity contribution in [1.29, 1.82) is 0 Å². The third-order valence-corrected chi connectivity index (χ3v) is 4.08. The van der Waals surface area contributed by atoms with Crippen LogP contribution in [0.5, 0.6) is 0 Å². The second kappa shape index (κ2) is 4.98. The molecule has 4 nitrogen and oxygen atoms in total. The summed E-state index contributed by atoms with van der Waals surface area (Å²) in [7, 11) is 1.77. The lowest BCUT2D eigenvalue weighted by Crippen LogP contribution is -2.22. The van der Waals surface area contributed by atoms with Gasteiger partial charge in [0.25, 0.3) is 0 Å². The normalized spacial score (nSPS) is 19.3. The highest BCUT2D eigenvalue weighted by Gasteiger charge is 2.24. The number of rotatable bonds is 2. The fourth-order valence-corrected chi connectivity index (χ4v) is 2.93. The van der Waals surface area contributed by atoms with E-state index in [4.69, 9.17) is 10.5 Å². The van der Waals surface area contributed by atoms with E-state index in [1.807, 2.05) is 18.3 Å². The van der Waals surface area contributed by atoms with Crippen molar-refractivity contribution in [3.63, 3.8) is 0 Å². The maximum Gasteiger partial charge on any atom is 0.0956 e. The first kappa shape index (κ1) is 12.7. The number of methoxy groups -OCH3 is 1. The molecule has 1 aromatic carbocycles. The molecule has 0 amide bonds. The van der Waals surface area contributed by atoms with Gasteiger partial charge in [0.15, 0.2) is 0 Å².